The lowest BCUT2D eigenvalue weighted by molar-refractivity contribution is 0.265. The minimum absolute atomic E-state index is 0. The minimum Gasteiger partial charge on any atom is -0.316 e. The van der Waals surface area contributed by atoms with Crippen LogP contribution in [0.25, 0.3) is 0 Å². The van der Waals surface area contributed by atoms with Crippen molar-refractivity contribution in [1.82, 2.24) is 5.32 Å². The van der Waals surface area contributed by atoms with Gasteiger partial charge in [-0.1, -0.05) is 0 Å². The summed E-state index contributed by atoms with van der Waals surface area (Å²) < 4.78 is 23.9. The summed E-state index contributed by atoms with van der Waals surface area (Å²) in [7, 11) is 0. The van der Waals surface area contributed by atoms with Gasteiger partial charge in [-0.05, 0) is 0 Å². The van der Waals surface area contributed by atoms with Crippen molar-refractivity contribution in [1.29, 1.82) is 0 Å². The standard InChI is InChI=1S/C6H11F2N.ClH/c7-1-5-3-9-4-6(5)2-8;/h5-6,9H,1-4H2;1H/t5-,6+;. The molecule has 0 aliphatic carbocycles. The summed E-state index contributed by atoms with van der Waals surface area (Å²) in [6.45, 7) is 0.513. The van der Waals surface area contributed by atoms with Gasteiger partial charge < -0.3 is 5.32 Å². The van der Waals surface area contributed by atoms with Crippen LogP contribution >= 0.6 is 12.4 Å². The van der Waals surface area contributed by atoms with Crippen molar-refractivity contribution in [2.24, 2.45) is 11.8 Å². The van der Waals surface area contributed by atoms with Crippen LogP contribution in [0.2, 0.25) is 0 Å². The summed E-state index contributed by atoms with van der Waals surface area (Å²) in [4.78, 5) is 0. The van der Waals surface area contributed by atoms with E-state index in [0.29, 0.717) is 13.1 Å². The molecule has 1 rings (SSSR count). The van der Waals surface area contributed by atoms with Gasteiger partial charge >= 0.3 is 0 Å². The number of hydrogen-bond acceptors (Lipinski definition) is 1. The van der Waals surface area contributed by atoms with E-state index in [1.165, 1.54) is 0 Å². The second kappa shape index (κ2) is 4.85. The summed E-state index contributed by atoms with van der Waals surface area (Å²) in [6, 6.07) is 0. The number of rotatable bonds is 2. The molecule has 0 saturated carbocycles. The summed E-state index contributed by atoms with van der Waals surface area (Å²) in [6.07, 6.45) is 0. The Bertz CT molecular complexity index is 81.8. The van der Waals surface area contributed by atoms with E-state index in [-0.39, 0.29) is 37.6 Å². The number of halogens is 3. The highest BCUT2D eigenvalue weighted by Crippen LogP contribution is 2.16. The maximum atomic E-state index is 11.9. The van der Waals surface area contributed by atoms with Crippen molar-refractivity contribution in [3.8, 4) is 0 Å². The van der Waals surface area contributed by atoms with Gasteiger partial charge in [0.25, 0.3) is 0 Å². The average molecular weight is 172 g/mol. The minimum atomic E-state index is -0.387. The van der Waals surface area contributed by atoms with Gasteiger partial charge in [0.2, 0.25) is 0 Å². The summed E-state index contributed by atoms with van der Waals surface area (Å²) in [5.74, 6) is -0.148. The smallest absolute Gasteiger partial charge is 0.0938 e. The molecule has 1 nitrogen and oxygen atoms in total. The van der Waals surface area contributed by atoms with E-state index in [0.717, 1.165) is 0 Å². The number of hydrogen-bond donors (Lipinski definition) is 1. The molecular formula is C6H12ClF2N. The molecule has 0 aromatic carbocycles. The molecule has 62 valence electrons. The topological polar surface area (TPSA) is 12.0 Å². The Morgan fingerprint density at radius 3 is 1.80 bits per heavy atom. The predicted octanol–water partition coefficient (Wildman–Crippen LogP) is 1.18. The first kappa shape index (κ1) is 10.1. The molecule has 10 heavy (non-hydrogen) atoms. The third kappa shape index (κ3) is 2.06. The zero-order valence-electron chi connectivity index (χ0n) is 5.65. The molecule has 1 saturated heterocycles. The molecule has 1 aliphatic rings. The van der Waals surface area contributed by atoms with E-state index >= 15 is 0 Å². The predicted molar refractivity (Wildman–Crippen MR) is 39.0 cm³/mol. The largest absolute Gasteiger partial charge is 0.316 e. The van der Waals surface area contributed by atoms with E-state index in [4.69, 9.17) is 0 Å². The molecular weight excluding hydrogens is 160 g/mol. The first-order valence-electron chi connectivity index (χ1n) is 3.21. The molecule has 0 bridgehead atoms. The third-order valence-corrected chi connectivity index (χ3v) is 1.88. The molecule has 1 N–H and O–H groups in total. The Morgan fingerprint density at radius 1 is 1.10 bits per heavy atom. The summed E-state index contributed by atoms with van der Waals surface area (Å²) in [5, 5.41) is 2.94. The Hall–Kier alpha value is 0.110. The highest BCUT2D eigenvalue weighted by molar-refractivity contribution is 5.85. The van der Waals surface area contributed by atoms with E-state index in [1.807, 2.05) is 0 Å². The molecule has 1 fully saturated rings. The number of nitrogens with one attached hydrogen (secondary N) is 1. The zero-order valence-corrected chi connectivity index (χ0v) is 6.46. The molecule has 1 heterocycles. The molecule has 0 spiro atoms. The highest BCUT2D eigenvalue weighted by Gasteiger charge is 2.26. The van der Waals surface area contributed by atoms with Gasteiger partial charge in [-0.3, -0.25) is 8.78 Å². The van der Waals surface area contributed by atoms with Crippen LogP contribution < -0.4 is 5.32 Å². The molecule has 0 aromatic rings. The third-order valence-electron chi connectivity index (χ3n) is 1.88. The van der Waals surface area contributed by atoms with Crippen LogP contribution in [0.5, 0.6) is 0 Å². The van der Waals surface area contributed by atoms with E-state index in [2.05, 4.69) is 5.32 Å². The Morgan fingerprint density at radius 2 is 1.50 bits per heavy atom. The molecule has 0 unspecified atom stereocenters. The lowest BCUT2D eigenvalue weighted by atomic mass is 9.99. The highest BCUT2D eigenvalue weighted by atomic mass is 35.5. The van der Waals surface area contributed by atoms with Crippen LogP contribution in [-0.4, -0.2) is 26.4 Å². The molecule has 2 atom stereocenters. The lowest BCUT2D eigenvalue weighted by Gasteiger charge is -2.08. The van der Waals surface area contributed by atoms with Gasteiger partial charge in [0.15, 0.2) is 0 Å². The first-order valence-corrected chi connectivity index (χ1v) is 3.21. The van der Waals surface area contributed by atoms with Crippen molar-refractivity contribution in [3.63, 3.8) is 0 Å². The molecule has 4 heteroatoms. The van der Waals surface area contributed by atoms with Gasteiger partial charge in [0.1, 0.15) is 0 Å². The second-order valence-corrected chi connectivity index (χ2v) is 2.49. The van der Waals surface area contributed by atoms with Crippen LogP contribution in [0.15, 0.2) is 0 Å². The van der Waals surface area contributed by atoms with Crippen molar-refractivity contribution < 1.29 is 8.78 Å². The maximum Gasteiger partial charge on any atom is 0.0938 e. The fourth-order valence-corrected chi connectivity index (χ4v) is 1.15. The monoisotopic (exact) mass is 171 g/mol. The van der Waals surface area contributed by atoms with Gasteiger partial charge in [-0.2, -0.15) is 0 Å². The number of alkyl halides is 2. The van der Waals surface area contributed by atoms with E-state index in [9.17, 15) is 8.78 Å². The zero-order chi connectivity index (χ0) is 6.69. The van der Waals surface area contributed by atoms with E-state index < -0.39 is 0 Å². The van der Waals surface area contributed by atoms with Crippen molar-refractivity contribution in [2.75, 3.05) is 26.4 Å². The van der Waals surface area contributed by atoms with Crippen LogP contribution in [0, 0.1) is 11.8 Å². The van der Waals surface area contributed by atoms with Crippen LogP contribution in [-0.2, 0) is 0 Å². The maximum absolute atomic E-state index is 11.9. The SMILES string of the molecule is Cl.FC[C@@H]1CNC[C@@H]1CF. The molecule has 0 radical (unpaired) electrons. The van der Waals surface area contributed by atoms with Crippen LogP contribution in [0.4, 0.5) is 8.78 Å². The fourth-order valence-electron chi connectivity index (χ4n) is 1.15. The lowest BCUT2D eigenvalue weighted by Crippen LogP contribution is -2.15. The quantitative estimate of drug-likeness (QED) is 0.658. The van der Waals surface area contributed by atoms with E-state index in [1.54, 1.807) is 0 Å². The Kier molecular flexibility index (Phi) is 4.91. The van der Waals surface area contributed by atoms with Gasteiger partial charge in [0, 0.05) is 24.9 Å². The molecule has 1 aliphatic heterocycles. The van der Waals surface area contributed by atoms with Crippen LogP contribution in [0.1, 0.15) is 0 Å². The van der Waals surface area contributed by atoms with Gasteiger partial charge in [0.05, 0.1) is 13.3 Å². The first-order chi connectivity index (χ1) is 4.38. The van der Waals surface area contributed by atoms with Gasteiger partial charge in [-0.15, -0.1) is 12.4 Å². The summed E-state index contributed by atoms with van der Waals surface area (Å²) in [5.41, 5.74) is 0. The summed E-state index contributed by atoms with van der Waals surface area (Å²) >= 11 is 0. The van der Waals surface area contributed by atoms with Crippen molar-refractivity contribution in [2.45, 2.75) is 0 Å². The Labute approximate surface area is 65.6 Å². The molecule has 0 amide bonds. The second-order valence-electron chi connectivity index (χ2n) is 2.49. The van der Waals surface area contributed by atoms with Gasteiger partial charge in [-0.25, -0.2) is 0 Å². The average Bonchev–Trinajstić information content (AvgIpc) is 2.33. The van der Waals surface area contributed by atoms with Crippen molar-refractivity contribution >= 4 is 12.4 Å². The Balaban J connectivity index is 0.000000810. The fraction of sp³-hybridized carbons (Fsp3) is 1.00. The molecule has 0 aromatic heterocycles. The van der Waals surface area contributed by atoms with Crippen molar-refractivity contribution in [3.05, 3.63) is 0 Å². The van der Waals surface area contributed by atoms with Crippen LogP contribution in [0.3, 0.4) is 0 Å². The normalized spacial score (nSPS) is 31.8.